The molecule has 26 heavy (non-hydrogen) atoms. The van der Waals surface area contributed by atoms with Gasteiger partial charge in [0.2, 0.25) is 0 Å². The molecule has 0 aliphatic carbocycles. The number of aromatic nitrogens is 2. The number of carbonyl (C=O) groups excluding carboxylic acids is 1. The van der Waals surface area contributed by atoms with E-state index in [4.69, 9.17) is 4.74 Å². The SMILES string of the molecule is CCOc1ccc(NC(=O)c2ccnc(NCc3ccccn3)c2)cc1. The molecule has 0 fully saturated rings. The largest absolute Gasteiger partial charge is 0.494 e. The van der Waals surface area contributed by atoms with Crippen molar-refractivity contribution in [1.29, 1.82) is 0 Å². The topological polar surface area (TPSA) is 76.1 Å². The zero-order valence-corrected chi connectivity index (χ0v) is 14.5. The smallest absolute Gasteiger partial charge is 0.255 e. The Labute approximate surface area is 152 Å². The number of hydrogen-bond acceptors (Lipinski definition) is 5. The van der Waals surface area contributed by atoms with Gasteiger partial charge < -0.3 is 15.4 Å². The predicted molar refractivity (Wildman–Crippen MR) is 101 cm³/mol. The first-order valence-electron chi connectivity index (χ1n) is 8.38. The van der Waals surface area contributed by atoms with Crippen molar-refractivity contribution in [2.75, 3.05) is 17.2 Å². The quantitative estimate of drug-likeness (QED) is 0.680. The molecular weight excluding hydrogens is 328 g/mol. The van der Waals surface area contributed by atoms with Crippen molar-refractivity contribution in [1.82, 2.24) is 9.97 Å². The molecule has 0 bridgehead atoms. The summed E-state index contributed by atoms with van der Waals surface area (Å²) in [6.45, 7) is 3.08. The van der Waals surface area contributed by atoms with Gasteiger partial charge in [0.15, 0.2) is 0 Å². The Morgan fingerprint density at radius 2 is 1.88 bits per heavy atom. The molecule has 0 radical (unpaired) electrons. The molecule has 2 N–H and O–H groups in total. The van der Waals surface area contributed by atoms with Crippen LogP contribution in [0, 0.1) is 0 Å². The number of anilines is 2. The highest BCUT2D eigenvalue weighted by Crippen LogP contribution is 2.17. The lowest BCUT2D eigenvalue weighted by molar-refractivity contribution is 0.102. The number of pyridine rings is 2. The van der Waals surface area contributed by atoms with Gasteiger partial charge in [0.05, 0.1) is 18.8 Å². The molecule has 0 spiro atoms. The highest BCUT2D eigenvalue weighted by molar-refractivity contribution is 6.04. The van der Waals surface area contributed by atoms with Gasteiger partial charge in [0.25, 0.3) is 5.91 Å². The van der Waals surface area contributed by atoms with Crippen LogP contribution < -0.4 is 15.4 Å². The second kappa shape index (κ2) is 8.62. The Morgan fingerprint density at radius 3 is 2.62 bits per heavy atom. The molecule has 2 heterocycles. The molecule has 0 unspecified atom stereocenters. The second-order valence-corrected chi connectivity index (χ2v) is 5.52. The number of nitrogens with zero attached hydrogens (tertiary/aromatic N) is 2. The van der Waals surface area contributed by atoms with Crippen LogP contribution in [0.5, 0.6) is 5.75 Å². The van der Waals surface area contributed by atoms with Crippen molar-refractivity contribution < 1.29 is 9.53 Å². The summed E-state index contributed by atoms with van der Waals surface area (Å²) >= 11 is 0. The number of nitrogens with one attached hydrogen (secondary N) is 2. The molecule has 2 aromatic heterocycles. The van der Waals surface area contributed by atoms with E-state index in [2.05, 4.69) is 20.6 Å². The summed E-state index contributed by atoms with van der Waals surface area (Å²) in [6.07, 6.45) is 3.35. The highest BCUT2D eigenvalue weighted by Gasteiger charge is 2.08. The van der Waals surface area contributed by atoms with Gasteiger partial charge >= 0.3 is 0 Å². The van der Waals surface area contributed by atoms with Gasteiger partial charge in [-0.15, -0.1) is 0 Å². The Morgan fingerprint density at radius 1 is 1.04 bits per heavy atom. The van der Waals surface area contributed by atoms with E-state index in [1.807, 2.05) is 49.4 Å². The van der Waals surface area contributed by atoms with E-state index in [9.17, 15) is 4.79 Å². The predicted octanol–water partition coefficient (Wildman–Crippen LogP) is 3.74. The monoisotopic (exact) mass is 348 g/mol. The second-order valence-electron chi connectivity index (χ2n) is 5.52. The van der Waals surface area contributed by atoms with Gasteiger partial charge in [-0.3, -0.25) is 9.78 Å². The Kier molecular flexibility index (Phi) is 5.77. The van der Waals surface area contributed by atoms with Crippen LogP contribution in [-0.2, 0) is 6.54 Å². The van der Waals surface area contributed by atoms with Crippen LogP contribution in [0.15, 0.2) is 67.0 Å². The van der Waals surface area contributed by atoms with Gasteiger partial charge in [-0.25, -0.2) is 4.98 Å². The molecule has 0 saturated heterocycles. The van der Waals surface area contributed by atoms with Gasteiger partial charge in [0, 0.05) is 23.6 Å². The van der Waals surface area contributed by atoms with Crippen LogP contribution in [0.1, 0.15) is 23.0 Å². The van der Waals surface area contributed by atoms with E-state index >= 15 is 0 Å². The van der Waals surface area contributed by atoms with Crippen LogP contribution in [0.3, 0.4) is 0 Å². The van der Waals surface area contributed by atoms with Crippen molar-refractivity contribution in [3.05, 3.63) is 78.2 Å². The lowest BCUT2D eigenvalue weighted by Crippen LogP contribution is -2.13. The summed E-state index contributed by atoms with van der Waals surface area (Å²) in [7, 11) is 0. The number of rotatable bonds is 7. The Hall–Kier alpha value is -3.41. The number of carbonyl (C=O) groups is 1. The molecule has 6 nitrogen and oxygen atoms in total. The molecule has 1 aromatic carbocycles. The van der Waals surface area contributed by atoms with E-state index < -0.39 is 0 Å². The van der Waals surface area contributed by atoms with E-state index in [0.29, 0.717) is 30.2 Å². The molecule has 0 atom stereocenters. The van der Waals surface area contributed by atoms with Crippen LogP contribution in [-0.4, -0.2) is 22.5 Å². The molecule has 132 valence electrons. The summed E-state index contributed by atoms with van der Waals surface area (Å²) in [6, 6.07) is 16.4. The third-order valence-corrected chi connectivity index (χ3v) is 3.62. The van der Waals surface area contributed by atoms with E-state index in [0.717, 1.165) is 11.4 Å². The third-order valence-electron chi connectivity index (χ3n) is 3.62. The first kappa shape index (κ1) is 17.4. The molecule has 3 aromatic rings. The molecular formula is C20H20N4O2. The fourth-order valence-corrected chi connectivity index (χ4v) is 2.36. The lowest BCUT2D eigenvalue weighted by Gasteiger charge is -2.09. The summed E-state index contributed by atoms with van der Waals surface area (Å²) in [5.41, 5.74) is 2.13. The lowest BCUT2D eigenvalue weighted by atomic mass is 10.2. The van der Waals surface area contributed by atoms with E-state index in [-0.39, 0.29) is 5.91 Å². The number of ether oxygens (including phenoxy) is 1. The zero-order chi connectivity index (χ0) is 18.2. The van der Waals surface area contributed by atoms with Crippen molar-refractivity contribution in [3.63, 3.8) is 0 Å². The summed E-state index contributed by atoms with van der Waals surface area (Å²) in [4.78, 5) is 20.9. The minimum atomic E-state index is -0.197. The normalized spacial score (nSPS) is 10.2. The Bertz CT molecular complexity index is 851. The average molecular weight is 348 g/mol. The minimum Gasteiger partial charge on any atom is -0.494 e. The summed E-state index contributed by atoms with van der Waals surface area (Å²) in [5.74, 6) is 1.20. The van der Waals surface area contributed by atoms with Crippen molar-refractivity contribution in [2.45, 2.75) is 13.5 Å². The van der Waals surface area contributed by atoms with Gasteiger partial charge in [-0.05, 0) is 55.5 Å². The maximum absolute atomic E-state index is 12.4. The van der Waals surface area contributed by atoms with Crippen molar-refractivity contribution in [2.24, 2.45) is 0 Å². The van der Waals surface area contributed by atoms with Crippen LogP contribution in [0.4, 0.5) is 11.5 Å². The first-order chi connectivity index (χ1) is 12.7. The highest BCUT2D eigenvalue weighted by atomic mass is 16.5. The third kappa shape index (κ3) is 4.80. The van der Waals surface area contributed by atoms with Crippen molar-refractivity contribution in [3.8, 4) is 5.75 Å². The van der Waals surface area contributed by atoms with Gasteiger partial charge in [0.1, 0.15) is 11.6 Å². The van der Waals surface area contributed by atoms with Crippen LogP contribution in [0.2, 0.25) is 0 Å². The molecule has 1 amide bonds. The van der Waals surface area contributed by atoms with Crippen molar-refractivity contribution >= 4 is 17.4 Å². The molecule has 3 rings (SSSR count). The van der Waals surface area contributed by atoms with Crippen LogP contribution >= 0.6 is 0 Å². The average Bonchev–Trinajstić information content (AvgIpc) is 2.69. The molecule has 6 heteroatoms. The van der Waals surface area contributed by atoms with Gasteiger partial charge in [-0.1, -0.05) is 6.07 Å². The fraction of sp³-hybridized carbons (Fsp3) is 0.150. The summed E-state index contributed by atoms with van der Waals surface area (Å²) in [5, 5.41) is 6.04. The van der Waals surface area contributed by atoms with Gasteiger partial charge in [-0.2, -0.15) is 0 Å². The molecule has 0 aliphatic rings. The number of amides is 1. The maximum atomic E-state index is 12.4. The molecule has 0 aliphatic heterocycles. The van der Waals surface area contributed by atoms with Crippen LogP contribution in [0.25, 0.3) is 0 Å². The number of benzene rings is 1. The molecule has 0 saturated carbocycles. The fourth-order valence-electron chi connectivity index (χ4n) is 2.36. The first-order valence-corrected chi connectivity index (χ1v) is 8.38. The van der Waals surface area contributed by atoms with E-state index in [1.165, 1.54) is 0 Å². The maximum Gasteiger partial charge on any atom is 0.255 e. The standard InChI is InChI=1S/C20H20N4O2/c1-2-26-18-8-6-16(7-9-18)24-20(25)15-10-12-22-19(13-15)23-14-17-5-3-4-11-21-17/h3-13H,2,14H2,1H3,(H,22,23)(H,24,25). The minimum absolute atomic E-state index is 0.197. The summed E-state index contributed by atoms with van der Waals surface area (Å²) < 4.78 is 5.40. The van der Waals surface area contributed by atoms with E-state index in [1.54, 1.807) is 24.5 Å². The number of hydrogen-bond donors (Lipinski definition) is 2. The Balaban J connectivity index is 1.62. The zero-order valence-electron chi connectivity index (χ0n) is 14.5.